The van der Waals surface area contributed by atoms with Gasteiger partial charge in [0, 0.05) is 16.6 Å². The molecular weight excluding hydrogens is 257 g/mol. The first-order valence-corrected chi connectivity index (χ1v) is 5.88. The molecule has 2 nitrogen and oxygen atoms in total. The molecular formula is C13H21Cl2NO. The van der Waals surface area contributed by atoms with Gasteiger partial charge in [0.2, 0.25) is 0 Å². The van der Waals surface area contributed by atoms with Gasteiger partial charge in [0.15, 0.2) is 0 Å². The second-order valence-electron chi connectivity index (χ2n) is 5.18. The third-order valence-electron chi connectivity index (χ3n) is 2.32. The predicted octanol–water partition coefficient (Wildman–Crippen LogP) is 3.57. The van der Waals surface area contributed by atoms with Gasteiger partial charge in [-0.25, -0.2) is 0 Å². The van der Waals surface area contributed by atoms with Gasteiger partial charge in [-0.15, -0.1) is 12.4 Å². The predicted molar refractivity (Wildman–Crippen MR) is 76.0 cm³/mol. The fourth-order valence-electron chi connectivity index (χ4n) is 1.74. The average Bonchev–Trinajstić information content (AvgIpc) is 2.14. The van der Waals surface area contributed by atoms with Crippen LogP contribution in [-0.2, 0) is 0 Å². The highest BCUT2D eigenvalue weighted by Gasteiger charge is 2.21. The zero-order valence-electron chi connectivity index (χ0n) is 10.7. The van der Waals surface area contributed by atoms with Crippen LogP contribution >= 0.6 is 24.0 Å². The van der Waals surface area contributed by atoms with E-state index in [2.05, 4.69) is 26.1 Å². The first kappa shape index (κ1) is 16.7. The molecule has 2 N–H and O–H groups in total. The third kappa shape index (κ3) is 5.73. The zero-order chi connectivity index (χ0) is 12.3. The molecule has 4 heteroatoms. The van der Waals surface area contributed by atoms with E-state index in [1.54, 1.807) is 12.1 Å². The maximum absolute atomic E-state index is 10.2. The molecule has 0 radical (unpaired) electrons. The monoisotopic (exact) mass is 277 g/mol. The van der Waals surface area contributed by atoms with Gasteiger partial charge in [-0.2, -0.15) is 0 Å². The normalized spacial score (nSPS) is 14.9. The van der Waals surface area contributed by atoms with E-state index in [1.807, 2.05) is 19.1 Å². The van der Waals surface area contributed by atoms with Crippen molar-refractivity contribution < 1.29 is 5.11 Å². The number of rotatable bonds is 3. The molecule has 2 atom stereocenters. The number of aliphatic hydroxyl groups excluding tert-OH is 1. The van der Waals surface area contributed by atoms with Crippen molar-refractivity contribution in [3.8, 4) is 0 Å². The van der Waals surface area contributed by atoms with E-state index in [0.717, 1.165) is 5.56 Å². The second-order valence-corrected chi connectivity index (χ2v) is 5.62. The molecule has 0 saturated carbocycles. The Labute approximate surface area is 115 Å². The third-order valence-corrected chi connectivity index (χ3v) is 2.56. The van der Waals surface area contributed by atoms with E-state index in [9.17, 15) is 5.11 Å². The number of halogens is 2. The number of aliphatic hydroxyl groups is 1. The van der Waals surface area contributed by atoms with Crippen molar-refractivity contribution in [3.05, 3.63) is 34.9 Å². The number of nitrogens with one attached hydrogen (secondary N) is 1. The molecule has 0 aliphatic heterocycles. The maximum Gasteiger partial charge on any atom is 0.0940 e. The lowest BCUT2D eigenvalue weighted by molar-refractivity contribution is 0.121. The Hall–Kier alpha value is -0.280. The van der Waals surface area contributed by atoms with Crippen LogP contribution in [0.4, 0.5) is 0 Å². The maximum atomic E-state index is 10.2. The van der Waals surface area contributed by atoms with Gasteiger partial charge in [-0.05, 0) is 45.4 Å². The molecule has 1 unspecified atom stereocenters. The number of hydrogen-bond acceptors (Lipinski definition) is 2. The molecule has 0 spiro atoms. The summed E-state index contributed by atoms with van der Waals surface area (Å²) >= 11 is 5.90. The molecule has 0 saturated heterocycles. The van der Waals surface area contributed by atoms with E-state index in [4.69, 9.17) is 11.6 Å². The van der Waals surface area contributed by atoms with E-state index >= 15 is 0 Å². The van der Waals surface area contributed by atoms with E-state index in [1.165, 1.54) is 0 Å². The molecule has 1 aromatic rings. The molecule has 0 amide bonds. The summed E-state index contributed by atoms with van der Waals surface area (Å²) in [6.45, 7) is 8.20. The van der Waals surface area contributed by atoms with Gasteiger partial charge >= 0.3 is 0 Å². The minimum absolute atomic E-state index is 0. The quantitative estimate of drug-likeness (QED) is 0.885. The van der Waals surface area contributed by atoms with E-state index < -0.39 is 6.10 Å². The van der Waals surface area contributed by atoms with Crippen LogP contribution in [-0.4, -0.2) is 16.7 Å². The van der Waals surface area contributed by atoms with Crippen LogP contribution in [0.25, 0.3) is 0 Å². The van der Waals surface area contributed by atoms with Crippen molar-refractivity contribution in [1.29, 1.82) is 0 Å². The highest BCUT2D eigenvalue weighted by molar-refractivity contribution is 6.30. The van der Waals surface area contributed by atoms with Crippen molar-refractivity contribution in [2.45, 2.75) is 45.4 Å². The molecule has 0 heterocycles. The lowest BCUT2D eigenvalue weighted by atomic mass is 10.00. The summed E-state index contributed by atoms with van der Waals surface area (Å²) in [5.74, 6) is 0. The molecule has 0 aliphatic rings. The number of hydrogen-bond donors (Lipinski definition) is 2. The van der Waals surface area contributed by atoms with Crippen LogP contribution in [0.2, 0.25) is 5.02 Å². The molecule has 17 heavy (non-hydrogen) atoms. The van der Waals surface area contributed by atoms with Crippen LogP contribution in [0.5, 0.6) is 0 Å². The Morgan fingerprint density at radius 2 is 1.88 bits per heavy atom. The molecule has 0 aromatic heterocycles. The Kier molecular flexibility index (Phi) is 6.49. The van der Waals surface area contributed by atoms with Gasteiger partial charge < -0.3 is 10.4 Å². The fourth-order valence-corrected chi connectivity index (χ4v) is 1.94. The van der Waals surface area contributed by atoms with Gasteiger partial charge in [-0.3, -0.25) is 0 Å². The Morgan fingerprint density at radius 3 is 2.35 bits per heavy atom. The molecule has 0 aliphatic carbocycles. The first-order chi connectivity index (χ1) is 7.29. The highest BCUT2D eigenvalue weighted by Crippen LogP contribution is 2.21. The van der Waals surface area contributed by atoms with Crippen LogP contribution in [0.15, 0.2) is 24.3 Å². The first-order valence-electron chi connectivity index (χ1n) is 5.51. The van der Waals surface area contributed by atoms with Crippen LogP contribution in [0, 0.1) is 0 Å². The smallest absolute Gasteiger partial charge is 0.0940 e. The van der Waals surface area contributed by atoms with E-state index in [-0.39, 0.29) is 24.0 Å². The summed E-state index contributed by atoms with van der Waals surface area (Å²) in [5.41, 5.74) is 0.829. The largest absolute Gasteiger partial charge is 0.387 e. The average molecular weight is 278 g/mol. The summed E-state index contributed by atoms with van der Waals surface area (Å²) in [4.78, 5) is 0. The fraction of sp³-hybridized carbons (Fsp3) is 0.538. The lowest BCUT2D eigenvalue weighted by Crippen LogP contribution is -2.44. The van der Waals surface area contributed by atoms with Crippen molar-refractivity contribution in [3.63, 3.8) is 0 Å². The summed E-state index contributed by atoms with van der Waals surface area (Å²) in [7, 11) is 0. The second kappa shape index (κ2) is 6.60. The Bertz CT molecular complexity index is 350. The standard InChI is InChI=1S/C13H20ClNO.ClH/c1-9(15-13(2,3)4)12(16)10-6-5-7-11(14)8-10;/h5-9,12,15-16H,1-4H3;1H/t9?,12-;/m1./s1. The van der Waals surface area contributed by atoms with Crippen LogP contribution in [0.1, 0.15) is 39.4 Å². The zero-order valence-corrected chi connectivity index (χ0v) is 12.3. The summed E-state index contributed by atoms with van der Waals surface area (Å²) in [5, 5.41) is 14.2. The molecule has 1 aromatic carbocycles. The lowest BCUT2D eigenvalue weighted by Gasteiger charge is -2.29. The van der Waals surface area contributed by atoms with Crippen molar-refractivity contribution in [2.75, 3.05) is 0 Å². The minimum atomic E-state index is -0.544. The van der Waals surface area contributed by atoms with Crippen molar-refractivity contribution in [1.82, 2.24) is 5.32 Å². The topological polar surface area (TPSA) is 32.3 Å². The summed E-state index contributed by atoms with van der Waals surface area (Å²) < 4.78 is 0. The van der Waals surface area contributed by atoms with Gasteiger partial charge in [0.25, 0.3) is 0 Å². The molecule has 1 rings (SSSR count). The van der Waals surface area contributed by atoms with Gasteiger partial charge in [0.1, 0.15) is 0 Å². The Balaban J connectivity index is 0.00000256. The number of benzene rings is 1. The summed E-state index contributed by atoms with van der Waals surface area (Å²) in [6.07, 6.45) is -0.544. The summed E-state index contributed by atoms with van der Waals surface area (Å²) in [6, 6.07) is 7.33. The van der Waals surface area contributed by atoms with Gasteiger partial charge in [-0.1, -0.05) is 23.7 Å². The molecule has 0 fully saturated rings. The van der Waals surface area contributed by atoms with Gasteiger partial charge in [0.05, 0.1) is 6.10 Å². The van der Waals surface area contributed by atoms with Crippen molar-refractivity contribution >= 4 is 24.0 Å². The Morgan fingerprint density at radius 1 is 1.29 bits per heavy atom. The molecule has 0 bridgehead atoms. The van der Waals surface area contributed by atoms with Crippen LogP contribution in [0.3, 0.4) is 0 Å². The van der Waals surface area contributed by atoms with Crippen molar-refractivity contribution in [2.24, 2.45) is 0 Å². The molecule has 98 valence electrons. The van der Waals surface area contributed by atoms with E-state index in [0.29, 0.717) is 5.02 Å². The minimum Gasteiger partial charge on any atom is -0.387 e. The highest BCUT2D eigenvalue weighted by atomic mass is 35.5. The SMILES string of the molecule is CC(NC(C)(C)C)[C@@H](O)c1cccc(Cl)c1.Cl. The van der Waals surface area contributed by atoms with Crippen LogP contribution < -0.4 is 5.32 Å².